The van der Waals surface area contributed by atoms with Gasteiger partial charge in [-0.2, -0.15) is 18.3 Å². The second-order valence-electron chi connectivity index (χ2n) is 4.48. The molecule has 0 aliphatic rings. The minimum absolute atomic E-state index is 0.136. The third kappa shape index (κ3) is 2.68. The molecular weight excluding hydrogens is 273 g/mol. The molecule has 2 heterocycles. The monoisotopic (exact) mass is 286 g/mol. The van der Waals surface area contributed by atoms with E-state index in [2.05, 4.69) is 15.4 Å². The molecule has 108 valence electrons. The van der Waals surface area contributed by atoms with Gasteiger partial charge in [0.05, 0.1) is 5.56 Å². The Labute approximate surface area is 112 Å². The number of halogens is 3. The summed E-state index contributed by atoms with van der Waals surface area (Å²) < 4.78 is 38.5. The molecule has 20 heavy (non-hydrogen) atoms. The van der Waals surface area contributed by atoms with E-state index in [1.165, 1.54) is 7.05 Å². The number of rotatable bonds is 2. The summed E-state index contributed by atoms with van der Waals surface area (Å²) in [5.41, 5.74) is 0.896. The molecule has 0 spiro atoms. The molecule has 0 unspecified atom stereocenters. The van der Waals surface area contributed by atoms with Gasteiger partial charge >= 0.3 is 6.18 Å². The molecule has 0 aliphatic heterocycles. The number of aromatic nitrogens is 3. The summed E-state index contributed by atoms with van der Waals surface area (Å²) in [6, 6.07) is 2.42. The van der Waals surface area contributed by atoms with Crippen LogP contribution in [0.15, 0.2) is 12.1 Å². The van der Waals surface area contributed by atoms with Gasteiger partial charge in [-0.25, -0.2) is 0 Å². The average molecular weight is 286 g/mol. The molecule has 5 nitrogen and oxygen atoms in total. The zero-order chi connectivity index (χ0) is 15.1. The van der Waals surface area contributed by atoms with Gasteiger partial charge in [0.15, 0.2) is 5.82 Å². The lowest BCUT2D eigenvalue weighted by molar-refractivity contribution is -0.143. The number of anilines is 1. The number of aromatic amines is 1. The maximum absolute atomic E-state index is 12.6. The Morgan fingerprint density at radius 2 is 2.00 bits per heavy atom. The number of carbonyl (C=O) groups excluding carboxylic acids is 1. The van der Waals surface area contributed by atoms with Gasteiger partial charge in [0.25, 0.3) is 5.91 Å². The van der Waals surface area contributed by atoms with E-state index in [1.54, 1.807) is 19.9 Å². The van der Waals surface area contributed by atoms with Crippen LogP contribution in [0.25, 0.3) is 0 Å². The van der Waals surface area contributed by atoms with Crippen LogP contribution in [-0.4, -0.2) is 20.7 Å². The molecule has 0 saturated heterocycles. The smallest absolute Gasteiger partial charge is 0.362 e. The Hall–Kier alpha value is -2.25. The zero-order valence-electron chi connectivity index (χ0n) is 11.1. The summed E-state index contributed by atoms with van der Waals surface area (Å²) in [5.74, 6) is -0.637. The molecule has 2 aromatic heterocycles. The van der Waals surface area contributed by atoms with Crippen molar-refractivity contribution in [3.8, 4) is 0 Å². The van der Waals surface area contributed by atoms with Crippen LogP contribution in [0.1, 0.15) is 27.4 Å². The van der Waals surface area contributed by atoms with Gasteiger partial charge in [-0.15, -0.1) is 0 Å². The van der Waals surface area contributed by atoms with Gasteiger partial charge in [-0.05, 0) is 19.9 Å². The highest BCUT2D eigenvalue weighted by molar-refractivity contribution is 6.04. The first kappa shape index (κ1) is 14.2. The predicted octanol–water partition coefficient (Wildman–Crippen LogP) is 2.64. The van der Waals surface area contributed by atoms with E-state index in [1.807, 2.05) is 0 Å². The van der Waals surface area contributed by atoms with E-state index in [-0.39, 0.29) is 5.82 Å². The number of H-pyrrole nitrogens is 1. The maximum atomic E-state index is 12.6. The second-order valence-corrected chi connectivity index (χ2v) is 4.48. The normalized spacial score (nSPS) is 11.7. The molecule has 8 heteroatoms. The van der Waals surface area contributed by atoms with Gasteiger partial charge in [0, 0.05) is 24.5 Å². The molecule has 0 aliphatic carbocycles. The Morgan fingerprint density at radius 1 is 1.35 bits per heavy atom. The third-order valence-electron chi connectivity index (χ3n) is 2.81. The molecular formula is C12H13F3N4O. The van der Waals surface area contributed by atoms with Crippen LogP contribution in [0.4, 0.5) is 19.0 Å². The number of aryl methyl sites for hydroxylation is 3. The van der Waals surface area contributed by atoms with E-state index in [0.717, 1.165) is 11.8 Å². The summed E-state index contributed by atoms with van der Waals surface area (Å²) in [7, 11) is 1.17. The number of nitrogens with zero attached hydrogens (tertiary/aromatic N) is 2. The van der Waals surface area contributed by atoms with E-state index in [0.29, 0.717) is 15.9 Å². The fourth-order valence-electron chi connectivity index (χ4n) is 1.94. The summed E-state index contributed by atoms with van der Waals surface area (Å²) in [5, 5.41) is 5.99. The van der Waals surface area contributed by atoms with Crippen LogP contribution in [0.2, 0.25) is 0 Å². The molecule has 2 N–H and O–H groups in total. The number of nitrogens with one attached hydrogen (secondary N) is 2. The van der Waals surface area contributed by atoms with Gasteiger partial charge in [-0.3, -0.25) is 9.48 Å². The molecule has 2 rings (SSSR count). The van der Waals surface area contributed by atoms with Crippen molar-refractivity contribution < 1.29 is 18.0 Å². The number of amides is 1. The van der Waals surface area contributed by atoms with Crippen molar-refractivity contribution >= 4 is 11.7 Å². The van der Waals surface area contributed by atoms with Crippen LogP contribution in [0.3, 0.4) is 0 Å². The maximum Gasteiger partial charge on any atom is 0.433 e. The first-order valence-corrected chi connectivity index (χ1v) is 5.77. The number of carbonyl (C=O) groups is 1. The summed E-state index contributed by atoms with van der Waals surface area (Å²) in [6.45, 7) is 3.49. The molecule has 0 saturated carbocycles. The Kier molecular flexibility index (Phi) is 3.33. The van der Waals surface area contributed by atoms with Crippen LogP contribution < -0.4 is 5.32 Å². The Balaban J connectivity index is 2.23. The molecule has 0 aromatic carbocycles. The van der Waals surface area contributed by atoms with Crippen molar-refractivity contribution in [3.63, 3.8) is 0 Å². The fraction of sp³-hybridized carbons (Fsp3) is 0.333. The lowest BCUT2D eigenvalue weighted by Crippen LogP contribution is -2.13. The van der Waals surface area contributed by atoms with Crippen LogP contribution in [0.5, 0.6) is 0 Å². The molecule has 1 amide bonds. The van der Waals surface area contributed by atoms with Gasteiger partial charge in [0.1, 0.15) is 5.69 Å². The SMILES string of the molecule is Cc1cc(C(=O)Nc2cc(C(F)(F)F)n(C)n2)c(C)[nH]1. The molecule has 0 fully saturated rings. The topological polar surface area (TPSA) is 62.7 Å². The van der Waals surface area contributed by atoms with Crippen molar-refractivity contribution in [1.29, 1.82) is 0 Å². The van der Waals surface area contributed by atoms with Crippen LogP contribution >= 0.6 is 0 Å². The number of hydrogen-bond acceptors (Lipinski definition) is 2. The molecule has 0 radical (unpaired) electrons. The highest BCUT2D eigenvalue weighted by atomic mass is 19.4. The quantitative estimate of drug-likeness (QED) is 0.891. The summed E-state index contributed by atoms with van der Waals surface area (Å²) >= 11 is 0. The van der Waals surface area contributed by atoms with Gasteiger partial charge < -0.3 is 10.3 Å². The number of hydrogen-bond donors (Lipinski definition) is 2. The van der Waals surface area contributed by atoms with Gasteiger partial charge in [-0.1, -0.05) is 0 Å². The summed E-state index contributed by atoms with van der Waals surface area (Å²) in [4.78, 5) is 14.9. The lowest BCUT2D eigenvalue weighted by atomic mass is 10.2. The van der Waals surface area contributed by atoms with Crippen molar-refractivity contribution in [2.24, 2.45) is 7.05 Å². The van der Waals surface area contributed by atoms with E-state index in [9.17, 15) is 18.0 Å². The van der Waals surface area contributed by atoms with Crippen molar-refractivity contribution in [3.05, 3.63) is 34.8 Å². The minimum atomic E-state index is -4.51. The lowest BCUT2D eigenvalue weighted by Gasteiger charge is -2.04. The van der Waals surface area contributed by atoms with E-state index in [4.69, 9.17) is 0 Å². The van der Waals surface area contributed by atoms with Gasteiger partial charge in [0.2, 0.25) is 0 Å². The zero-order valence-corrected chi connectivity index (χ0v) is 11.1. The van der Waals surface area contributed by atoms with Crippen molar-refractivity contribution in [2.45, 2.75) is 20.0 Å². The Bertz CT molecular complexity index is 654. The highest BCUT2D eigenvalue weighted by Gasteiger charge is 2.35. The van der Waals surface area contributed by atoms with Crippen molar-refractivity contribution in [2.75, 3.05) is 5.32 Å². The minimum Gasteiger partial charge on any atom is -0.362 e. The molecule has 0 atom stereocenters. The van der Waals surface area contributed by atoms with Crippen molar-refractivity contribution in [1.82, 2.24) is 14.8 Å². The largest absolute Gasteiger partial charge is 0.433 e. The van der Waals surface area contributed by atoms with E-state index >= 15 is 0 Å². The molecule has 0 bridgehead atoms. The first-order valence-electron chi connectivity index (χ1n) is 5.77. The number of alkyl halides is 3. The second kappa shape index (κ2) is 4.69. The average Bonchev–Trinajstić information content (AvgIpc) is 2.81. The van der Waals surface area contributed by atoms with E-state index < -0.39 is 17.8 Å². The standard InChI is InChI=1S/C12H13F3N4O/c1-6-4-8(7(2)16-6)11(20)17-10-5-9(12(13,14)15)19(3)18-10/h4-5,16H,1-3H3,(H,17,18,20). The van der Waals surface area contributed by atoms with Crippen LogP contribution in [-0.2, 0) is 13.2 Å². The first-order chi connectivity index (χ1) is 9.18. The third-order valence-corrected chi connectivity index (χ3v) is 2.81. The predicted molar refractivity (Wildman–Crippen MR) is 66.4 cm³/mol. The molecule has 2 aromatic rings. The summed E-state index contributed by atoms with van der Waals surface area (Å²) in [6.07, 6.45) is -4.51. The fourth-order valence-corrected chi connectivity index (χ4v) is 1.94. The van der Waals surface area contributed by atoms with Crippen LogP contribution in [0, 0.1) is 13.8 Å². The highest BCUT2D eigenvalue weighted by Crippen LogP contribution is 2.30. The Morgan fingerprint density at radius 3 is 2.45 bits per heavy atom.